The molecule has 16 heavy (non-hydrogen) atoms. The molecular formula is C13H21FN2. The molecule has 0 aliphatic carbocycles. The van der Waals surface area contributed by atoms with Gasteiger partial charge in [0.15, 0.2) is 0 Å². The summed E-state index contributed by atoms with van der Waals surface area (Å²) < 4.78 is 12.9. The Balaban J connectivity index is 0.000000386. The van der Waals surface area contributed by atoms with Gasteiger partial charge in [-0.05, 0) is 18.2 Å². The van der Waals surface area contributed by atoms with Crippen molar-refractivity contribution in [2.24, 2.45) is 0 Å². The Hall–Kier alpha value is -1.09. The molecule has 0 atom stereocenters. The lowest BCUT2D eigenvalue weighted by atomic mass is 10.2. The Morgan fingerprint density at radius 3 is 2.44 bits per heavy atom. The van der Waals surface area contributed by atoms with Gasteiger partial charge in [-0.1, -0.05) is 26.3 Å². The summed E-state index contributed by atoms with van der Waals surface area (Å²) in [6, 6.07) is 6.78. The first-order valence-electron chi connectivity index (χ1n) is 5.99. The highest BCUT2D eigenvalue weighted by molar-refractivity contribution is 5.46. The molecule has 1 N–H and O–H groups in total. The normalized spacial score (nSPS) is 15.3. The zero-order valence-electron chi connectivity index (χ0n) is 10.2. The maximum atomic E-state index is 12.9. The highest BCUT2D eigenvalue weighted by atomic mass is 19.1. The van der Waals surface area contributed by atoms with Gasteiger partial charge in [0, 0.05) is 31.9 Å². The van der Waals surface area contributed by atoms with Crippen molar-refractivity contribution in [3.05, 3.63) is 30.1 Å². The molecule has 0 saturated carbocycles. The van der Waals surface area contributed by atoms with Crippen LogP contribution in [0.15, 0.2) is 24.3 Å². The van der Waals surface area contributed by atoms with Crippen molar-refractivity contribution in [3.8, 4) is 0 Å². The standard InChI is InChI=1S/C10H13FN2.C3H8/c11-9-2-1-3-10(8-9)13-6-4-12-5-7-13;1-3-2/h1-3,8,12H,4-7H2;3H2,1-2H3. The fourth-order valence-electron chi connectivity index (χ4n) is 1.60. The summed E-state index contributed by atoms with van der Waals surface area (Å²) in [5, 5.41) is 3.26. The lowest BCUT2D eigenvalue weighted by molar-refractivity contribution is 0.584. The van der Waals surface area contributed by atoms with Crippen LogP contribution in [0.3, 0.4) is 0 Å². The van der Waals surface area contributed by atoms with Crippen LogP contribution in [0.4, 0.5) is 10.1 Å². The fourth-order valence-corrected chi connectivity index (χ4v) is 1.60. The number of anilines is 1. The van der Waals surface area contributed by atoms with E-state index >= 15 is 0 Å². The molecule has 1 fully saturated rings. The fraction of sp³-hybridized carbons (Fsp3) is 0.538. The van der Waals surface area contributed by atoms with Crippen LogP contribution < -0.4 is 10.2 Å². The minimum Gasteiger partial charge on any atom is -0.369 e. The van der Waals surface area contributed by atoms with E-state index in [0.29, 0.717) is 0 Å². The van der Waals surface area contributed by atoms with E-state index < -0.39 is 0 Å². The molecule has 0 amide bonds. The predicted molar refractivity (Wildman–Crippen MR) is 67.4 cm³/mol. The van der Waals surface area contributed by atoms with Gasteiger partial charge >= 0.3 is 0 Å². The van der Waals surface area contributed by atoms with Crippen molar-refractivity contribution >= 4 is 5.69 Å². The average molecular weight is 224 g/mol. The molecule has 0 spiro atoms. The van der Waals surface area contributed by atoms with Gasteiger partial charge in [0.25, 0.3) is 0 Å². The van der Waals surface area contributed by atoms with Gasteiger partial charge < -0.3 is 10.2 Å². The molecule has 3 heteroatoms. The summed E-state index contributed by atoms with van der Waals surface area (Å²) in [6.45, 7) is 8.14. The second-order valence-electron chi connectivity index (χ2n) is 3.92. The van der Waals surface area contributed by atoms with Crippen LogP contribution in [-0.2, 0) is 0 Å². The van der Waals surface area contributed by atoms with Crippen LogP contribution in [-0.4, -0.2) is 26.2 Å². The number of hydrogen-bond acceptors (Lipinski definition) is 2. The zero-order chi connectivity index (χ0) is 11.8. The van der Waals surface area contributed by atoms with Crippen molar-refractivity contribution in [2.45, 2.75) is 20.3 Å². The van der Waals surface area contributed by atoms with Crippen LogP contribution >= 0.6 is 0 Å². The van der Waals surface area contributed by atoms with Gasteiger partial charge in [-0.25, -0.2) is 4.39 Å². The third-order valence-electron chi connectivity index (χ3n) is 2.29. The van der Waals surface area contributed by atoms with Gasteiger partial charge in [-0.3, -0.25) is 0 Å². The van der Waals surface area contributed by atoms with Crippen molar-refractivity contribution < 1.29 is 4.39 Å². The molecule has 2 nitrogen and oxygen atoms in total. The summed E-state index contributed by atoms with van der Waals surface area (Å²) >= 11 is 0. The van der Waals surface area contributed by atoms with Gasteiger partial charge in [0.05, 0.1) is 0 Å². The molecule has 2 rings (SSSR count). The minimum absolute atomic E-state index is 0.156. The highest BCUT2D eigenvalue weighted by Gasteiger charge is 2.09. The molecule has 0 radical (unpaired) electrons. The van der Waals surface area contributed by atoms with E-state index in [1.54, 1.807) is 12.1 Å². The van der Waals surface area contributed by atoms with Crippen molar-refractivity contribution in [1.29, 1.82) is 0 Å². The van der Waals surface area contributed by atoms with E-state index in [9.17, 15) is 4.39 Å². The number of piperazine rings is 1. The summed E-state index contributed by atoms with van der Waals surface area (Å²) in [6.07, 6.45) is 1.25. The lowest BCUT2D eigenvalue weighted by Gasteiger charge is -2.29. The second-order valence-corrected chi connectivity index (χ2v) is 3.92. The summed E-state index contributed by atoms with van der Waals surface area (Å²) in [5.41, 5.74) is 0.988. The molecule has 90 valence electrons. The molecule has 1 saturated heterocycles. The lowest BCUT2D eigenvalue weighted by Crippen LogP contribution is -2.43. The van der Waals surface area contributed by atoms with Gasteiger partial charge in [-0.2, -0.15) is 0 Å². The Labute approximate surface area is 97.5 Å². The van der Waals surface area contributed by atoms with Crippen LogP contribution in [0.1, 0.15) is 20.3 Å². The first-order chi connectivity index (χ1) is 7.77. The van der Waals surface area contributed by atoms with Crippen LogP contribution in [0.25, 0.3) is 0 Å². The SMILES string of the molecule is CCC.Fc1cccc(N2CCNCC2)c1. The molecule has 0 bridgehead atoms. The Morgan fingerprint density at radius 2 is 1.88 bits per heavy atom. The number of rotatable bonds is 1. The molecule has 1 aromatic carbocycles. The van der Waals surface area contributed by atoms with E-state index in [1.807, 2.05) is 6.07 Å². The first-order valence-corrected chi connectivity index (χ1v) is 5.99. The maximum Gasteiger partial charge on any atom is 0.125 e. The van der Waals surface area contributed by atoms with Crippen LogP contribution in [0.2, 0.25) is 0 Å². The molecule has 1 heterocycles. The second kappa shape index (κ2) is 7.23. The van der Waals surface area contributed by atoms with Crippen molar-refractivity contribution in [1.82, 2.24) is 5.32 Å². The maximum absolute atomic E-state index is 12.9. The minimum atomic E-state index is -0.156. The molecule has 0 aromatic heterocycles. The third kappa shape index (κ3) is 4.19. The molecule has 1 aliphatic rings. The summed E-state index contributed by atoms with van der Waals surface area (Å²) in [4.78, 5) is 2.19. The van der Waals surface area contributed by atoms with E-state index in [0.717, 1.165) is 31.9 Å². The monoisotopic (exact) mass is 224 g/mol. The molecule has 1 aliphatic heterocycles. The number of nitrogens with one attached hydrogen (secondary N) is 1. The zero-order valence-corrected chi connectivity index (χ0v) is 10.2. The highest BCUT2D eigenvalue weighted by Crippen LogP contribution is 2.15. The van der Waals surface area contributed by atoms with E-state index in [1.165, 1.54) is 12.5 Å². The number of benzene rings is 1. The smallest absolute Gasteiger partial charge is 0.125 e. The van der Waals surface area contributed by atoms with Gasteiger partial charge in [-0.15, -0.1) is 0 Å². The molecule has 0 unspecified atom stereocenters. The van der Waals surface area contributed by atoms with Crippen molar-refractivity contribution in [3.63, 3.8) is 0 Å². The molecular weight excluding hydrogens is 203 g/mol. The summed E-state index contributed by atoms with van der Waals surface area (Å²) in [5.74, 6) is -0.156. The Morgan fingerprint density at radius 1 is 1.25 bits per heavy atom. The van der Waals surface area contributed by atoms with E-state index in [4.69, 9.17) is 0 Å². The third-order valence-corrected chi connectivity index (χ3v) is 2.29. The largest absolute Gasteiger partial charge is 0.369 e. The Kier molecular flexibility index (Phi) is 5.86. The summed E-state index contributed by atoms with van der Waals surface area (Å²) in [7, 11) is 0. The van der Waals surface area contributed by atoms with Crippen molar-refractivity contribution in [2.75, 3.05) is 31.1 Å². The molecule has 1 aromatic rings. The number of nitrogens with zero attached hydrogens (tertiary/aromatic N) is 1. The van der Waals surface area contributed by atoms with Gasteiger partial charge in [0.2, 0.25) is 0 Å². The van der Waals surface area contributed by atoms with E-state index in [2.05, 4.69) is 24.1 Å². The van der Waals surface area contributed by atoms with Gasteiger partial charge in [0.1, 0.15) is 5.82 Å². The van der Waals surface area contributed by atoms with Crippen LogP contribution in [0, 0.1) is 5.82 Å². The van der Waals surface area contributed by atoms with Crippen LogP contribution in [0.5, 0.6) is 0 Å². The topological polar surface area (TPSA) is 15.3 Å². The van der Waals surface area contributed by atoms with E-state index in [-0.39, 0.29) is 5.82 Å². The number of hydrogen-bond donors (Lipinski definition) is 1. The first kappa shape index (κ1) is 13.0. The predicted octanol–water partition coefficient (Wildman–Crippen LogP) is 2.65. The number of halogens is 1. The average Bonchev–Trinajstić information content (AvgIpc) is 2.31. The Bertz CT molecular complexity index is 296. The quantitative estimate of drug-likeness (QED) is 0.789.